The molecule has 0 atom stereocenters. The Kier molecular flexibility index (Phi) is 5.82. The minimum Gasteiger partial charge on any atom is -0.288 e. The molecule has 2 aromatic carbocycles. The number of carbonyl (C=O) groups excluding carboxylic acids is 2. The van der Waals surface area contributed by atoms with E-state index in [1.807, 2.05) is 60.7 Å². The third-order valence-electron chi connectivity index (χ3n) is 3.35. The third kappa shape index (κ3) is 4.80. The van der Waals surface area contributed by atoms with Crippen LogP contribution in [0.4, 0.5) is 13.2 Å². The number of halogens is 3. The molecule has 2 aromatic rings. The van der Waals surface area contributed by atoms with Gasteiger partial charge in [-0.2, -0.15) is 21.6 Å². The minimum absolute atomic E-state index is 0.338. The van der Waals surface area contributed by atoms with E-state index in [9.17, 15) is 22.8 Å². The van der Waals surface area contributed by atoms with Crippen molar-refractivity contribution in [2.75, 3.05) is 0 Å². The van der Waals surface area contributed by atoms with Crippen LogP contribution in [0.2, 0.25) is 0 Å². The zero-order valence-corrected chi connectivity index (χ0v) is 14.2. The summed E-state index contributed by atoms with van der Waals surface area (Å²) in [5.41, 5.74) is -3.14. The van der Waals surface area contributed by atoms with Crippen LogP contribution in [0.5, 0.6) is 0 Å². The highest BCUT2D eigenvalue weighted by Gasteiger charge is 2.44. The van der Waals surface area contributed by atoms with Crippen LogP contribution >= 0.6 is 0 Å². The van der Waals surface area contributed by atoms with E-state index in [4.69, 9.17) is 13.0 Å². The summed E-state index contributed by atoms with van der Waals surface area (Å²) in [5.74, 6) is -0.676. The number of benzene rings is 2. The SMILES string of the molecule is O=C1NC(=O)C(c2ccccc2)=C1c1ccccc1.O=S(=O)(O)C(F)(F)F. The van der Waals surface area contributed by atoms with Gasteiger partial charge in [-0.15, -0.1) is 0 Å². The summed E-state index contributed by atoms with van der Waals surface area (Å²) < 4.78 is 57.5. The molecule has 0 saturated carbocycles. The second kappa shape index (κ2) is 7.72. The van der Waals surface area contributed by atoms with Crippen LogP contribution in [-0.2, 0) is 19.7 Å². The molecule has 10 heteroatoms. The molecule has 1 aliphatic rings. The summed E-state index contributed by atoms with van der Waals surface area (Å²) in [6, 6.07) is 18.5. The first-order valence-electron chi connectivity index (χ1n) is 7.27. The summed E-state index contributed by atoms with van der Waals surface area (Å²) in [5, 5.41) is 2.36. The fourth-order valence-electron chi connectivity index (χ4n) is 2.22. The topological polar surface area (TPSA) is 101 Å². The minimum atomic E-state index is -5.84. The van der Waals surface area contributed by atoms with Crippen molar-refractivity contribution in [3.05, 3.63) is 71.8 Å². The monoisotopic (exact) mass is 399 g/mol. The molecule has 0 spiro atoms. The van der Waals surface area contributed by atoms with E-state index in [1.165, 1.54) is 0 Å². The molecule has 1 aliphatic heterocycles. The van der Waals surface area contributed by atoms with Gasteiger partial charge in [-0.3, -0.25) is 19.5 Å². The predicted molar refractivity (Wildman–Crippen MR) is 90.5 cm³/mol. The average molecular weight is 399 g/mol. The number of hydrogen-bond acceptors (Lipinski definition) is 4. The molecule has 0 radical (unpaired) electrons. The number of alkyl halides is 3. The van der Waals surface area contributed by atoms with Gasteiger partial charge in [0.1, 0.15) is 0 Å². The lowest BCUT2D eigenvalue weighted by Gasteiger charge is -2.04. The first kappa shape index (κ1) is 20.3. The average Bonchev–Trinajstić information content (AvgIpc) is 2.89. The first-order chi connectivity index (χ1) is 12.5. The van der Waals surface area contributed by atoms with Crippen molar-refractivity contribution in [2.45, 2.75) is 5.51 Å². The normalized spacial score (nSPS) is 14.5. The van der Waals surface area contributed by atoms with E-state index >= 15 is 0 Å². The van der Waals surface area contributed by atoms with Gasteiger partial charge < -0.3 is 0 Å². The molecule has 0 bridgehead atoms. The molecule has 0 fully saturated rings. The maximum absolute atomic E-state index is 12.0. The lowest BCUT2D eigenvalue weighted by atomic mass is 9.96. The molecule has 142 valence electrons. The number of hydrogen-bond donors (Lipinski definition) is 2. The van der Waals surface area contributed by atoms with E-state index in [-0.39, 0.29) is 11.8 Å². The molecule has 2 N–H and O–H groups in total. The Bertz CT molecular complexity index is 925. The standard InChI is InChI=1S/C16H11NO2.CHF3O3S/c18-15-13(11-7-3-1-4-8-11)14(16(19)17-15)12-9-5-2-6-10-12;2-1(3,4)8(5,6)7/h1-10H,(H,17,18,19);(H,5,6,7). The lowest BCUT2D eigenvalue weighted by molar-refractivity contribution is -0.122. The van der Waals surface area contributed by atoms with Crippen LogP contribution in [0.1, 0.15) is 11.1 Å². The van der Waals surface area contributed by atoms with Gasteiger partial charge in [-0.05, 0) is 11.1 Å². The summed E-state index contributed by atoms with van der Waals surface area (Å²) in [6.07, 6.45) is 0. The Morgan fingerprint density at radius 1 is 0.741 bits per heavy atom. The maximum Gasteiger partial charge on any atom is 0.522 e. The number of carbonyl (C=O) groups is 2. The second-order valence-corrected chi connectivity index (χ2v) is 6.60. The largest absolute Gasteiger partial charge is 0.522 e. The zero-order valence-electron chi connectivity index (χ0n) is 13.4. The molecule has 0 unspecified atom stereocenters. The first-order valence-corrected chi connectivity index (χ1v) is 8.71. The Labute approximate surface area is 152 Å². The van der Waals surface area contributed by atoms with E-state index in [1.54, 1.807) is 0 Å². The second-order valence-electron chi connectivity index (χ2n) is 5.19. The predicted octanol–water partition coefficient (Wildman–Crippen LogP) is 2.65. The van der Waals surface area contributed by atoms with E-state index < -0.39 is 15.6 Å². The van der Waals surface area contributed by atoms with Crippen molar-refractivity contribution in [1.29, 1.82) is 0 Å². The van der Waals surface area contributed by atoms with Gasteiger partial charge in [0, 0.05) is 0 Å². The Morgan fingerprint density at radius 2 is 1.04 bits per heavy atom. The maximum atomic E-state index is 12.0. The van der Waals surface area contributed by atoms with Crippen LogP contribution in [-0.4, -0.2) is 30.3 Å². The van der Waals surface area contributed by atoms with Gasteiger partial charge in [0.2, 0.25) is 0 Å². The summed E-state index contributed by atoms with van der Waals surface area (Å²) in [7, 11) is -5.84. The van der Waals surface area contributed by atoms with Crippen molar-refractivity contribution in [1.82, 2.24) is 5.32 Å². The molecule has 27 heavy (non-hydrogen) atoms. The Morgan fingerprint density at radius 3 is 1.30 bits per heavy atom. The summed E-state index contributed by atoms with van der Waals surface area (Å²) >= 11 is 0. The highest BCUT2D eigenvalue weighted by molar-refractivity contribution is 7.86. The quantitative estimate of drug-likeness (QED) is 0.459. The smallest absolute Gasteiger partial charge is 0.288 e. The summed E-state index contributed by atoms with van der Waals surface area (Å²) in [4.78, 5) is 24.0. The lowest BCUT2D eigenvalue weighted by Crippen LogP contribution is -2.22. The molecular formula is C17H12F3NO5S. The molecule has 2 amide bonds. The van der Waals surface area contributed by atoms with Crippen LogP contribution in [0.15, 0.2) is 60.7 Å². The van der Waals surface area contributed by atoms with Crippen molar-refractivity contribution >= 4 is 33.1 Å². The van der Waals surface area contributed by atoms with Crippen LogP contribution < -0.4 is 5.32 Å². The number of amides is 2. The molecule has 6 nitrogen and oxygen atoms in total. The fraction of sp³-hybridized carbons (Fsp3) is 0.0588. The van der Waals surface area contributed by atoms with Gasteiger partial charge in [0.25, 0.3) is 11.8 Å². The van der Waals surface area contributed by atoms with Gasteiger partial charge in [-0.1, -0.05) is 60.7 Å². The highest BCUT2D eigenvalue weighted by atomic mass is 32.2. The van der Waals surface area contributed by atoms with Gasteiger partial charge in [0.05, 0.1) is 11.1 Å². The van der Waals surface area contributed by atoms with Crippen molar-refractivity contribution in [3.8, 4) is 0 Å². The van der Waals surface area contributed by atoms with E-state index in [0.29, 0.717) is 11.1 Å². The molecule has 0 aliphatic carbocycles. The highest BCUT2D eigenvalue weighted by Crippen LogP contribution is 2.30. The molecule has 0 aromatic heterocycles. The molecule has 1 heterocycles. The van der Waals surface area contributed by atoms with Gasteiger partial charge >= 0.3 is 15.6 Å². The van der Waals surface area contributed by atoms with E-state index in [2.05, 4.69) is 5.32 Å². The van der Waals surface area contributed by atoms with Crippen molar-refractivity contribution < 1.29 is 35.7 Å². The van der Waals surface area contributed by atoms with Crippen molar-refractivity contribution in [3.63, 3.8) is 0 Å². The van der Waals surface area contributed by atoms with Crippen LogP contribution in [0.3, 0.4) is 0 Å². The zero-order chi connectivity index (χ0) is 20.2. The van der Waals surface area contributed by atoms with Gasteiger partial charge in [-0.25, -0.2) is 0 Å². The molecule has 0 saturated heterocycles. The fourth-order valence-corrected chi connectivity index (χ4v) is 2.22. The van der Waals surface area contributed by atoms with Crippen LogP contribution in [0.25, 0.3) is 11.1 Å². The van der Waals surface area contributed by atoms with Crippen molar-refractivity contribution in [2.24, 2.45) is 0 Å². The summed E-state index contributed by atoms with van der Waals surface area (Å²) in [6.45, 7) is 0. The number of imide groups is 1. The van der Waals surface area contributed by atoms with E-state index in [0.717, 1.165) is 11.1 Å². The molecular weight excluding hydrogens is 387 g/mol. The van der Waals surface area contributed by atoms with Crippen LogP contribution in [0, 0.1) is 0 Å². The van der Waals surface area contributed by atoms with Gasteiger partial charge in [0.15, 0.2) is 0 Å². The Balaban J connectivity index is 0.000000279. The number of nitrogens with one attached hydrogen (secondary N) is 1. The third-order valence-corrected chi connectivity index (χ3v) is 3.93. The number of rotatable bonds is 2. The molecule has 3 rings (SSSR count). The Hall–Kier alpha value is -2.98.